The maximum atomic E-state index is 14.7. The molecule has 0 unspecified atom stereocenters. The summed E-state index contributed by atoms with van der Waals surface area (Å²) in [7, 11) is 0. The Labute approximate surface area is 243 Å². The average Bonchev–Trinajstić information content (AvgIpc) is 3.53. The van der Waals surface area contributed by atoms with Crippen molar-refractivity contribution in [3.05, 3.63) is 89.1 Å². The molecule has 2 aromatic carbocycles. The summed E-state index contributed by atoms with van der Waals surface area (Å²) in [5.41, 5.74) is -0.966. The summed E-state index contributed by atoms with van der Waals surface area (Å²) in [5.74, 6) is -6.09. The number of carbonyl (C=O) groups is 3. The van der Waals surface area contributed by atoms with Gasteiger partial charge in [0.25, 0.3) is 17.7 Å². The van der Waals surface area contributed by atoms with Gasteiger partial charge in [-0.25, -0.2) is 22.5 Å². The van der Waals surface area contributed by atoms with Gasteiger partial charge in [0, 0.05) is 37.2 Å². The van der Waals surface area contributed by atoms with Crippen LogP contribution in [0.25, 0.3) is 0 Å². The number of carbonyl (C=O) groups excluding carboxylic acids is 3. The molecule has 1 saturated heterocycles. The van der Waals surface area contributed by atoms with E-state index in [0.717, 1.165) is 28.0 Å². The van der Waals surface area contributed by atoms with Crippen molar-refractivity contribution in [2.75, 3.05) is 9.80 Å². The highest BCUT2D eigenvalue weighted by atomic mass is 19.3. The number of nitrogens with one attached hydrogen (secondary N) is 1. The minimum absolute atomic E-state index is 0.00528. The number of fused-ring (bicyclic) bond motifs is 1. The molecule has 1 N–H and O–H groups in total. The average molecular weight is 592 g/mol. The zero-order chi connectivity index (χ0) is 30.5. The number of benzene rings is 2. The number of aryl methyl sites for hydroxylation is 1. The fraction of sp³-hybridized carbons (Fsp3) is 0.323. The lowest BCUT2D eigenvalue weighted by atomic mass is 9.83. The van der Waals surface area contributed by atoms with Crippen molar-refractivity contribution in [3.63, 3.8) is 0 Å². The largest absolute Gasteiger partial charge is 0.351 e. The van der Waals surface area contributed by atoms with Gasteiger partial charge in [-0.3, -0.25) is 24.2 Å². The highest BCUT2D eigenvalue weighted by Crippen LogP contribution is 2.47. The van der Waals surface area contributed by atoms with E-state index in [0.29, 0.717) is 5.56 Å². The van der Waals surface area contributed by atoms with Crippen LogP contribution in [0, 0.1) is 23.0 Å². The minimum atomic E-state index is -2.93. The van der Waals surface area contributed by atoms with Gasteiger partial charge in [0.15, 0.2) is 5.54 Å². The third-order valence-electron chi connectivity index (χ3n) is 8.36. The summed E-state index contributed by atoms with van der Waals surface area (Å²) < 4.78 is 56.5. The standard InChI is InChI=1S/C31H25F4N5O3/c32-20-2-1-3-23(14-20)40(28(42)25-6-7-27(41)39(25)26-12-18(17-36)9-11-37-26)31(29(43)38-22-15-30(34,35)16-22)10-8-19-13-21(33)4-5-24(19)31/h1-5,9,11-14,22,25H,6-8,10,15-16H2,(H,38,43)/t25-,31-/m0/s1. The van der Waals surface area contributed by atoms with Gasteiger partial charge < -0.3 is 5.32 Å². The van der Waals surface area contributed by atoms with Crippen LogP contribution in [0.4, 0.5) is 29.1 Å². The van der Waals surface area contributed by atoms with E-state index in [9.17, 15) is 37.2 Å². The molecule has 2 fully saturated rings. The van der Waals surface area contributed by atoms with Gasteiger partial charge in [-0.05, 0) is 72.9 Å². The first kappa shape index (κ1) is 28.3. The van der Waals surface area contributed by atoms with Crippen molar-refractivity contribution < 1.29 is 31.9 Å². The van der Waals surface area contributed by atoms with E-state index >= 15 is 0 Å². The predicted molar refractivity (Wildman–Crippen MR) is 146 cm³/mol. The summed E-state index contributed by atoms with van der Waals surface area (Å²) >= 11 is 0. The molecule has 1 aromatic heterocycles. The van der Waals surface area contributed by atoms with E-state index in [4.69, 9.17) is 0 Å². The lowest BCUT2D eigenvalue weighted by Crippen LogP contribution is -2.64. The van der Waals surface area contributed by atoms with E-state index in [1.165, 1.54) is 42.6 Å². The van der Waals surface area contributed by atoms with Gasteiger partial charge in [0.05, 0.1) is 11.6 Å². The molecule has 3 aromatic rings. The predicted octanol–water partition coefficient (Wildman–Crippen LogP) is 4.52. The number of alkyl halides is 2. The molecule has 43 heavy (non-hydrogen) atoms. The van der Waals surface area contributed by atoms with Crippen molar-refractivity contribution in [2.45, 2.75) is 62.1 Å². The molecular formula is C31H25F4N5O3. The number of aromatic nitrogens is 1. The number of nitriles is 1. The fourth-order valence-corrected chi connectivity index (χ4v) is 6.39. The van der Waals surface area contributed by atoms with E-state index in [1.54, 1.807) is 0 Å². The maximum absolute atomic E-state index is 14.7. The maximum Gasteiger partial charge on any atom is 0.252 e. The molecule has 0 spiro atoms. The van der Waals surface area contributed by atoms with Crippen LogP contribution < -0.4 is 15.1 Å². The molecule has 0 bridgehead atoms. The summed E-state index contributed by atoms with van der Waals surface area (Å²) in [6.07, 6.45) is 0.284. The van der Waals surface area contributed by atoms with Gasteiger partial charge >= 0.3 is 0 Å². The van der Waals surface area contributed by atoms with Gasteiger partial charge in [-0.15, -0.1) is 0 Å². The van der Waals surface area contributed by atoms with Crippen molar-refractivity contribution >= 4 is 29.2 Å². The highest BCUT2D eigenvalue weighted by molar-refractivity contribution is 6.12. The SMILES string of the molecule is N#Cc1ccnc(N2C(=O)CC[C@H]2C(=O)N(c2cccc(F)c2)[C@@]2(C(=O)NC3CC(F)(F)C3)CCc3cc(F)ccc32)c1. The van der Waals surface area contributed by atoms with Gasteiger partial charge in [0.1, 0.15) is 23.5 Å². The summed E-state index contributed by atoms with van der Waals surface area (Å²) in [4.78, 5) is 48.6. The molecule has 2 atom stereocenters. The molecule has 3 aliphatic rings. The van der Waals surface area contributed by atoms with Crippen LogP contribution in [-0.4, -0.2) is 40.7 Å². The Kier molecular flexibility index (Phi) is 6.91. The Morgan fingerprint density at radius 1 is 1.05 bits per heavy atom. The molecule has 8 nitrogen and oxygen atoms in total. The Morgan fingerprint density at radius 2 is 1.81 bits per heavy atom. The Morgan fingerprint density at radius 3 is 2.53 bits per heavy atom. The molecule has 0 radical (unpaired) electrons. The second kappa shape index (κ2) is 10.5. The van der Waals surface area contributed by atoms with Crippen LogP contribution in [-0.2, 0) is 26.3 Å². The van der Waals surface area contributed by atoms with Gasteiger partial charge in [-0.2, -0.15) is 5.26 Å². The first-order chi connectivity index (χ1) is 20.5. The smallest absolute Gasteiger partial charge is 0.252 e. The first-order valence-corrected chi connectivity index (χ1v) is 13.8. The molecule has 2 heterocycles. The molecule has 2 aliphatic carbocycles. The van der Waals surface area contributed by atoms with Gasteiger partial charge in [-0.1, -0.05) is 12.1 Å². The topological polar surface area (TPSA) is 106 Å². The van der Waals surface area contributed by atoms with Crippen LogP contribution in [0.5, 0.6) is 0 Å². The monoisotopic (exact) mass is 591 g/mol. The Balaban J connectivity index is 1.50. The van der Waals surface area contributed by atoms with Crippen LogP contribution in [0.2, 0.25) is 0 Å². The molecule has 12 heteroatoms. The van der Waals surface area contributed by atoms with E-state index < -0.39 is 65.7 Å². The number of hydrogen-bond donors (Lipinski definition) is 1. The first-order valence-electron chi connectivity index (χ1n) is 13.8. The van der Waals surface area contributed by atoms with Crippen molar-refractivity contribution in [3.8, 4) is 6.07 Å². The third kappa shape index (κ3) is 4.88. The molecule has 1 aliphatic heterocycles. The van der Waals surface area contributed by atoms with Crippen LogP contribution in [0.1, 0.15) is 48.8 Å². The van der Waals surface area contributed by atoms with Gasteiger partial charge in [0.2, 0.25) is 5.91 Å². The summed E-state index contributed by atoms with van der Waals surface area (Å²) in [6.45, 7) is 0. The Hall–Kier alpha value is -4.79. The minimum Gasteiger partial charge on any atom is -0.351 e. The number of rotatable bonds is 6. The Bertz CT molecular complexity index is 1680. The number of halogens is 4. The lowest BCUT2D eigenvalue weighted by molar-refractivity contribution is -0.137. The molecular weight excluding hydrogens is 566 g/mol. The number of amides is 3. The van der Waals surface area contributed by atoms with Crippen molar-refractivity contribution in [1.82, 2.24) is 10.3 Å². The highest BCUT2D eigenvalue weighted by Gasteiger charge is 2.57. The molecule has 1 saturated carbocycles. The zero-order valence-electron chi connectivity index (χ0n) is 22.7. The van der Waals surface area contributed by atoms with E-state index in [1.807, 2.05) is 6.07 Å². The van der Waals surface area contributed by atoms with E-state index in [-0.39, 0.29) is 48.3 Å². The zero-order valence-corrected chi connectivity index (χ0v) is 22.7. The quantitative estimate of drug-likeness (QED) is 0.425. The van der Waals surface area contributed by atoms with Crippen LogP contribution in [0.15, 0.2) is 60.8 Å². The number of anilines is 2. The fourth-order valence-electron chi connectivity index (χ4n) is 6.39. The molecule has 3 amide bonds. The number of hydrogen-bond acceptors (Lipinski definition) is 5. The molecule has 6 rings (SSSR count). The molecule has 220 valence electrons. The second-order valence-corrected chi connectivity index (χ2v) is 11.1. The van der Waals surface area contributed by atoms with E-state index in [2.05, 4.69) is 10.3 Å². The number of nitrogens with zero attached hydrogens (tertiary/aromatic N) is 4. The van der Waals surface area contributed by atoms with Crippen molar-refractivity contribution in [2.24, 2.45) is 0 Å². The summed E-state index contributed by atoms with van der Waals surface area (Å²) in [6, 6.07) is 11.5. The van der Waals surface area contributed by atoms with Crippen LogP contribution in [0.3, 0.4) is 0 Å². The lowest BCUT2D eigenvalue weighted by Gasteiger charge is -2.45. The third-order valence-corrected chi connectivity index (χ3v) is 8.36. The summed E-state index contributed by atoms with van der Waals surface area (Å²) in [5, 5.41) is 12.0. The van der Waals surface area contributed by atoms with Crippen molar-refractivity contribution in [1.29, 1.82) is 5.26 Å². The normalized spacial score (nSPS) is 22.4. The van der Waals surface area contributed by atoms with Crippen LogP contribution >= 0.6 is 0 Å². The number of pyridine rings is 1. The second-order valence-electron chi connectivity index (χ2n) is 11.1.